The molecule has 0 saturated heterocycles. The second kappa shape index (κ2) is 9.02. The maximum absolute atomic E-state index is 12.3. The van der Waals surface area contributed by atoms with Gasteiger partial charge in [-0.15, -0.1) is 0 Å². The van der Waals surface area contributed by atoms with Crippen LogP contribution in [0, 0.1) is 0 Å². The molecule has 1 aliphatic heterocycles. The molecule has 0 unspecified atom stereocenters. The van der Waals surface area contributed by atoms with Crippen molar-refractivity contribution in [3.63, 3.8) is 0 Å². The highest BCUT2D eigenvalue weighted by molar-refractivity contribution is 5.95. The normalized spacial score (nSPS) is 15.5. The number of nitrogens with two attached hydrogens (primary N) is 1. The second-order valence-electron chi connectivity index (χ2n) is 8.08. The molecule has 4 N–H and O–H groups in total. The monoisotopic (exact) mass is 410 g/mol. The Bertz CT molecular complexity index is 997. The molecule has 30 heavy (non-hydrogen) atoms. The van der Waals surface area contributed by atoms with E-state index >= 15 is 0 Å². The van der Waals surface area contributed by atoms with Crippen molar-refractivity contribution >= 4 is 34.6 Å². The lowest BCUT2D eigenvalue weighted by Crippen LogP contribution is -2.39. The molecule has 8 heteroatoms. The molecule has 8 nitrogen and oxygen atoms in total. The molecule has 0 spiro atoms. The first kappa shape index (κ1) is 21.4. The first-order valence-electron chi connectivity index (χ1n) is 10.1. The molecule has 0 radical (unpaired) electrons. The standard InChI is InChI=1S/C22H30N6O2/c1-5-24-14-16(13-23)26-18-6-9-25-20-17(18)12-19(27-20)15-7-10-28(11-8-15)21(29)30-22(2,3)4/h6-7,9,12-14H,5,8,10-11,23H2,1-4H3,(H2,25,26,27). The fourth-order valence-electron chi connectivity index (χ4n) is 3.18. The van der Waals surface area contributed by atoms with Gasteiger partial charge < -0.3 is 25.7 Å². The molecule has 0 atom stereocenters. The van der Waals surface area contributed by atoms with Crippen molar-refractivity contribution in [2.24, 2.45) is 10.7 Å². The minimum Gasteiger partial charge on any atom is -0.444 e. The summed E-state index contributed by atoms with van der Waals surface area (Å²) >= 11 is 0. The third-order valence-electron chi connectivity index (χ3n) is 4.61. The maximum Gasteiger partial charge on any atom is 0.410 e. The van der Waals surface area contributed by atoms with Crippen LogP contribution in [0.5, 0.6) is 0 Å². The quantitative estimate of drug-likeness (QED) is 0.648. The van der Waals surface area contributed by atoms with Crippen LogP contribution in [0.3, 0.4) is 0 Å². The van der Waals surface area contributed by atoms with Gasteiger partial charge in [-0.25, -0.2) is 9.78 Å². The van der Waals surface area contributed by atoms with Gasteiger partial charge in [0.1, 0.15) is 11.2 Å². The largest absolute Gasteiger partial charge is 0.444 e. The third-order valence-corrected chi connectivity index (χ3v) is 4.61. The van der Waals surface area contributed by atoms with Crippen molar-refractivity contribution in [3.05, 3.63) is 42.0 Å². The first-order valence-corrected chi connectivity index (χ1v) is 10.1. The van der Waals surface area contributed by atoms with Gasteiger partial charge in [0.2, 0.25) is 0 Å². The molecular formula is C22H30N6O2. The van der Waals surface area contributed by atoms with Crippen LogP contribution in [-0.4, -0.2) is 52.4 Å². The molecule has 1 amide bonds. The molecule has 3 heterocycles. The minimum atomic E-state index is -0.494. The average Bonchev–Trinajstić information content (AvgIpc) is 3.15. The third kappa shape index (κ3) is 5.20. The summed E-state index contributed by atoms with van der Waals surface area (Å²) in [5.74, 6) is 0. The molecular weight excluding hydrogens is 380 g/mol. The van der Waals surface area contributed by atoms with E-state index < -0.39 is 5.60 Å². The van der Waals surface area contributed by atoms with Gasteiger partial charge >= 0.3 is 6.09 Å². The molecule has 3 rings (SSSR count). The van der Waals surface area contributed by atoms with E-state index in [-0.39, 0.29) is 6.09 Å². The van der Waals surface area contributed by atoms with E-state index in [0.717, 1.165) is 40.1 Å². The number of nitrogens with one attached hydrogen (secondary N) is 2. The molecule has 160 valence electrons. The number of hydrogen-bond donors (Lipinski definition) is 3. The molecule has 0 fully saturated rings. The number of allylic oxidation sites excluding steroid dienone is 1. The molecule has 0 saturated carbocycles. The number of H-pyrrole nitrogens is 1. The predicted octanol–water partition coefficient (Wildman–Crippen LogP) is 3.89. The highest BCUT2D eigenvalue weighted by atomic mass is 16.6. The lowest BCUT2D eigenvalue weighted by atomic mass is 10.0. The van der Waals surface area contributed by atoms with E-state index in [9.17, 15) is 4.79 Å². The van der Waals surface area contributed by atoms with Gasteiger partial charge in [0, 0.05) is 49.3 Å². The number of hydrogen-bond acceptors (Lipinski definition) is 6. The number of pyridine rings is 1. The molecule has 0 bridgehead atoms. The smallest absolute Gasteiger partial charge is 0.410 e. The van der Waals surface area contributed by atoms with Crippen LogP contribution in [0.2, 0.25) is 0 Å². The Labute approximate surface area is 176 Å². The van der Waals surface area contributed by atoms with Gasteiger partial charge in [-0.3, -0.25) is 4.99 Å². The van der Waals surface area contributed by atoms with Crippen LogP contribution in [0.1, 0.15) is 39.8 Å². The van der Waals surface area contributed by atoms with E-state index in [1.165, 1.54) is 6.20 Å². The van der Waals surface area contributed by atoms with Crippen molar-refractivity contribution in [1.82, 2.24) is 14.9 Å². The van der Waals surface area contributed by atoms with Crippen LogP contribution < -0.4 is 11.1 Å². The van der Waals surface area contributed by atoms with Gasteiger partial charge in [0.25, 0.3) is 0 Å². The number of carbonyl (C=O) groups is 1. The van der Waals surface area contributed by atoms with E-state index in [4.69, 9.17) is 10.5 Å². The molecule has 2 aromatic heterocycles. The summed E-state index contributed by atoms with van der Waals surface area (Å²) in [6.45, 7) is 9.41. The van der Waals surface area contributed by atoms with E-state index in [0.29, 0.717) is 19.6 Å². The van der Waals surface area contributed by atoms with E-state index in [2.05, 4.69) is 32.4 Å². The van der Waals surface area contributed by atoms with Crippen LogP contribution >= 0.6 is 0 Å². The van der Waals surface area contributed by atoms with E-state index in [1.807, 2.05) is 33.8 Å². The fraction of sp³-hybridized carbons (Fsp3) is 0.409. The van der Waals surface area contributed by atoms with E-state index in [1.54, 1.807) is 17.3 Å². The Balaban J connectivity index is 1.78. The minimum absolute atomic E-state index is 0.280. The number of nitrogens with zero attached hydrogens (tertiary/aromatic N) is 3. The predicted molar refractivity (Wildman–Crippen MR) is 121 cm³/mol. The average molecular weight is 411 g/mol. The number of fused-ring (bicyclic) bond motifs is 1. The van der Waals surface area contributed by atoms with Gasteiger partial charge in [-0.2, -0.15) is 0 Å². The van der Waals surface area contributed by atoms with Crippen molar-refractivity contribution in [2.75, 3.05) is 25.0 Å². The SMILES string of the molecule is CCN=CC(=CN)Nc1ccnc2[nH]c(C3=CCN(C(=O)OC(C)(C)C)CC3)cc12. The molecule has 0 aliphatic carbocycles. The maximum atomic E-state index is 12.3. The topological polar surface area (TPSA) is 109 Å². The molecule has 2 aromatic rings. The van der Waals surface area contributed by atoms with Crippen molar-refractivity contribution in [1.29, 1.82) is 0 Å². The summed E-state index contributed by atoms with van der Waals surface area (Å²) in [7, 11) is 0. The summed E-state index contributed by atoms with van der Waals surface area (Å²) in [6.07, 6.45) is 7.48. The van der Waals surface area contributed by atoms with Crippen molar-refractivity contribution in [2.45, 2.75) is 39.7 Å². The fourth-order valence-corrected chi connectivity index (χ4v) is 3.18. The Hall–Kier alpha value is -3.29. The number of aliphatic imine (C=N–C) groups is 1. The number of aromatic amines is 1. The zero-order chi connectivity index (χ0) is 21.7. The number of aromatic nitrogens is 2. The summed E-state index contributed by atoms with van der Waals surface area (Å²) in [5.41, 5.74) is 9.77. The first-order chi connectivity index (χ1) is 14.3. The summed E-state index contributed by atoms with van der Waals surface area (Å²) in [5, 5.41) is 4.27. The molecule has 0 aromatic carbocycles. The van der Waals surface area contributed by atoms with Gasteiger partial charge in [0.05, 0.1) is 11.4 Å². The molecule has 1 aliphatic rings. The van der Waals surface area contributed by atoms with Crippen LogP contribution in [0.4, 0.5) is 10.5 Å². The van der Waals surface area contributed by atoms with Gasteiger partial charge in [-0.05, 0) is 51.8 Å². The van der Waals surface area contributed by atoms with Crippen LogP contribution in [0.25, 0.3) is 16.6 Å². The van der Waals surface area contributed by atoms with Crippen molar-refractivity contribution in [3.8, 4) is 0 Å². The summed E-state index contributed by atoms with van der Waals surface area (Å²) in [4.78, 5) is 26.0. The Morgan fingerprint density at radius 3 is 2.90 bits per heavy atom. The zero-order valence-corrected chi connectivity index (χ0v) is 18.0. The zero-order valence-electron chi connectivity index (χ0n) is 18.0. The van der Waals surface area contributed by atoms with Gasteiger partial charge in [-0.1, -0.05) is 6.08 Å². The summed E-state index contributed by atoms with van der Waals surface area (Å²) in [6, 6.07) is 3.98. The summed E-state index contributed by atoms with van der Waals surface area (Å²) < 4.78 is 5.46. The highest BCUT2D eigenvalue weighted by Crippen LogP contribution is 2.29. The Morgan fingerprint density at radius 2 is 2.27 bits per heavy atom. The van der Waals surface area contributed by atoms with Crippen molar-refractivity contribution < 1.29 is 9.53 Å². The Morgan fingerprint density at radius 1 is 1.47 bits per heavy atom. The van der Waals surface area contributed by atoms with Gasteiger partial charge in [0.15, 0.2) is 0 Å². The number of amides is 1. The number of carbonyl (C=O) groups excluding carboxylic acids is 1. The highest BCUT2D eigenvalue weighted by Gasteiger charge is 2.24. The number of rotatable bonds is 5. The second-order valence-corrected chi connectivity index (χ2v) is 8.08. The lowest BCUT2D eigenvalue weighted by molar-refractivity contribution is 0.0270. The number of anilines is 1. The number of ether oxygens (including phenoxy) is 1. The van der Waals surface area contributed by atoms with Crippen LogP contribution in [0.15, 0.2) is 41.3 Å². The Kier molecular flexibility index (Phi) is 6.44. The lowest BCUT2D eigenvalue weighted by Gasteiger charge is -2.29. The van der Waals surface area contributed by atoms with Crippen LogP contribution in [-0.2, 0) is 4.74 Å².